The molecule has 1 aliphatic rings. The molecule has 1 aromatic carbocycles. The van der Waals surface area contributed by atoms with Crippen LogP contribution in [0.15, 0.2) is 23.1 Å². The van der Waals surface area contributed by atoms with Crippen molar-refractivity contribution in [1.82, 2.24) is 4.72 Å². The number of rotatable bonds is 4. The summed E-state index contributed by atoms with van der Waals surface area (Å²) in [4.78, 5) is 9.07. The van der Waals surface area contributed by atoms with Crippen molar-refractivity contribution in [1.29, 1.82) is 0 Å². The van der Waals surface area contributed by atoms with Crippen LogP contribution in [0.4, 0.5) is 10.1 Å². The molecule has 1 fully saturated rings. The van der Waals surface area contributed by atoms with Gasteiger partial charge in [0, 0.05) is 6.04 Å². The van der Waals surface area contributed by atoms with Gasteiger partial charge < -0.3 is 5.11 Å². The van der Waals surface area contributed by atoms with E-state index in [1.165, 1.54) is 0 Å². The Labute approximate surface area is 121 Å². The standard InChI is InChI=1S/C12H15FN2O5S/c13-8-4-3-7-11(12(8)15(17)18)21(19,20)14-9-5-1-2-6-10(9)16/h3-4,7,9-10,14,16H,1-2,5-6H2/t9-,10-/m1/s1. The fourth-order valence-corrected chi connectivity index (χ4v) is 3.89. The summed E-state index contributed by atoms with van der Waals surface area (Å²) in [6, 6.07) is 2.17. The number of hydrogen-bond donors (Lipinski definition) is 2. The number of aliphatic hydroxyl groups excluding tert-OH is 1. The molecule has 0 heterocycles. The van der Waals surface area contributed by atoms with Gasteiger partial charge in [0.1, 0.15) is 0 Å². The maximum atomic E-state index is 13.5. The van der Waals surface area contributed by atoms with Gasteiger partial charge in [-0.15, -0.1) is 0 Å². The highest BCUT2D eigenvalue weighted by atomic mass is 32.2. The Hall–Kier alpha value is -1.58. The highest BCUT2D eigenvalue weighted by molar-refractivity contribution is 7.89. The quantitative estimate of drug-likeness (QED) is 0.642. The summed E-state index contributed by atoms with van der Waals surface area (Å²) in [5.41, 5.74) is -1.09. The van der Waals surface area contributed by atoms with Crippen LogP contribution in [0, 0.1) is 15.9 Å². The normalized spacial score (nSPS) is 23.0. The Kier molecular flexibility index (Phi) is 4.55. The van der Waals surface area contributed by atoms with Crippen LogP contribution < -0.4 is 4.72 Å². The molecule has 0 radical (unpaired) electrons. The molecule has 116 valence electrons. The van der Waals surface area contributed by atoms with Crippen molar-refractivity contribution in [3.8, 4) is 0 Å². The van der Waals surface area contributed by atoms with Crippen LogP contribution in [0.1, 0.15) is 25.7 Å². The van der Waals surface area contributed by atoms with Gasteiger partial charge in [-0.25, -0.2) is 13.1 Å². The minimum absolute atomic E-state index is 0.434. The zero-order valence-corrected chi connectivity index (χ0v) is 11.8. The molecule has 0 spiro atoms. The van der Waals surface area contributed by atoms with Gasteiger partial charge in [0.2, 0.25) is 15.8 Å². The van der Waals surface area contributed by atoms with Crippen molar-refractivity contribution in [3.63, 3.8) is 0 Å². The van der Waals surface area contributed by atoms with E-state index in [4.69, 9.17) is 0 Å². The molecule has 2 atom stereocenters. The predicted octanol–water partition coefficient (Wildman–Crippen LogP) is 1.32. The van der Waals surface area contributed by atoms with Crippen molar-refractivity contribution in [2.45, 2.75) is 42.7 Å². The Morgan fingerprint density at radius 3 is 2.62 bits per heavy atom. The summed E-state index contributed by atoms with van der Waals surface area (Å²) in [5.74, 6) is -1.22. The van der Waals surface area contributed by atoms with Crippen LogP contribution in [0.25, 0.3) is 0 Å². The van der Waals surface area contributed by atoms with Gasteiger partial charge in [-0.2, -0.15) is 4.39 Å². The molecule has 0 amide bonds. The minimum atomic E-state index is -4.28. The zero-order valence-electron chi connectivity index (χ0n) is 11.0. The molecule has 1 saturated carbocycles. The number of benzene rings is 1. The summed E-state index contributed by atoms with van der Waals surface area (Å²) in [6.45, 7) is 0. The second kappa shape index (κ2) is 6.04. The SMILES string of the molecule is O=[N+]([O-])c1c(F)cccc1S(=O)(=O)N[C@@H]1CCCC[C@H]1O. The second-order valence-corrected chi connectivity index (χ2v) is 6.61. The topological polar surface area (TPSA) is 110 Å². The lowest BCUT2D eigenvalue weighted by atomic mass is 9.93. The smallest absolute Gasteiger partial charge is 0.324 e. The molecule has 0 aliphatic heterocycles. The average molecular weight is 318 g/mol. The minimum Gasteiger partial charge on any atom is -0.391 e. The number of nitrogens with zero attached hydrogens (tertiary/aromatic N) is 1. The summed E-state index contributed by atoms with van der Waals surface area (Å²) in [6.07, 6.45) is 1.58. The van der Waals surface area contributed by atoms with Crippen LogP contribution in [0.5, 0.6) is 0 Å². The van der Waals surface area contributed by atoms with Gasteiger partial charge in [0.05, 0.1) is 11.0 Å². The van der Waals surface area contributed by atoms with Crippen molar-refractivity contribution in [3.05, 3.63) is 34.1 Å². The zero-order chi connectivity index (χ0) is 15.6. The van der Waals surface area contributed by atoms with Gasteiger partial charge in [0.25, 0.3) is 0 Å². The Morgan fingerprint density at radius 1 is 1.33 bits per heavy atom. The molecular weight excluding hydrogens is 303 g/mol. The van der Waals surface area contributed by atoms with E-state index in [0.717, 1.165) is 31.0 Å². The fourth-order valence-electron chi connectivity index (χ4n) is 2.40. The van der Waals surface area contributed by atoms with Crippen LogP contribution in [-0.2, 0) is 10.0 Å². The number of hydrogen-bond acceptors (Lipinski definition) is 5. The van der Waals surface area contributed by atoms with Crippen molar-refractivity contribution < 1.29 is 22.8 Å². The van der Waals surface area contributed by atoms with Crippen molar-refractivity contribution in [2.24, 2.45) is 0 Å². The summed E-state index contributed by atoms with van der Waals surface area (Å²) in [7, 11) is -4.28. The molecule has 7 nitrogen and oxygen atoms in total. The van der Waals surface area contributed by atoms with Crippen LogP contribution in [0.2, 0.25) is 0 Å². The molecule has 2 N–H and O–H groups in total. The highest BCUT2D eigenvalue weighted by Gasteiger charge is 2.33. The number of nitro groups is 1. The Bertz CT molecular complexity index is 649. The molecule has 9 heteroatoms. The molecule has 2 rings (SSSR count). The Balaban J connectivity index is 2.36. The molecular formula is C12H15FN2O5S. The monoisotopic (exact) mass is 318 g/mol. The molecule has 21 heavy (non-hydrogen) atoms. The third kappa shape index (κ3) is 3.36. The fraction of sp³-hybridized carbons (Fsp3) is 0.500. The first-order chi connectivity index (χ1) is 9.83. The first-order valence-electron chi connectivity index (χ1n) is 6.46. The van der Waals surface area contributed by atoms with E-state index in [1.807, 2.05) is 0 Å². The largest absolute Gasteiger partial charge is 0.391 e. The number of aliphatic hydroxyl groups is 1. The first kappa shape index (κ1) is 15.8. The van der Waals surface area contributed by atoms with Crippen LogP contribution in [0.3, 0.4) is 0 Å². The van der Waals surface area contributed by atoms with Gasteiger partial charge in [-0.1, -0.05) is 18.9 Å². The van der Waals surface area contributed by atoms with E-state index in [1.54, 1.807) is 0 Å². The molecule has 0 saturated heterocycles. The van der Waals surface area contributed by atoms with E-state index >= 15 is 0 Å². The number of halogens is 1. The Morgan fingerprint density at radius 2 is 2.00 bits per heavy atom. The summed E-state index contributed by atoms with van der Waals surface area (Å²) in [5, 5.41) is 20.6. The molecule has 1 aliphatic carbocycles. The second-order valence-electron chi connectivity index (χ2n) is 4.92. The molecule has 1 aromatic rings. The van der Waals surface area contributed by atoms with E-state index in [2.05, 4.69) is 4.72 Å². The van der Waals surface area contributed by atoms with Gasteiger partial charge in [0.15, 0.2) is 4.90 Å². The van der Waals surface area contributed by atoms with Crippen molar-refractivity contribution >= 4 is 15.7 Å². The van der Waals surface area contributed by atoms with Crippen LogP contribution >= 0.6 is 0 Å². The van der Waals surface area contributed by atoms with E-state index in [-0.39, 0.29) is 0 Å². The van der Waals surface area contributed by atoms with Gasteiger partial charge >= 0.3 is 5.69 Å². The highest BCUT2D eigenvalue weighted by Crippen LogP contribution is 2.28. The maximum absolute atomic E-state index is 13.5. The summed E-state index contributed by atoms with van der Waals surface area (Å²) >= 11 is 0. The van der Waals surface area contributed by atoms with Crippen molar-refractivity contribution in [2.75, 3.05) is 0 Å². The number of sulfonamides is 1. The third-order valence-corrected chi connectivity index (χ3v) is 4.98. The molecule has 0 unspecified atom stereocenters. The predicted molar refractivity (Wildman–Crippen MR) is 71.6 cm³/mol. The van der Waals surface area contributed by atoms with Gasteiger partial charge in [-0.05, 0) is 25.0 Å². The van der Waals surface area contributed by atoms with E-state index < -0.39 is 43.5 Å². The molecule has 0 bridgehead atoms. The summed E-state index contributed by atoms with van der Waals surface area (Å²) < 4.78 is 40.2. The lowest BCUT2D eigenvalue weighted by Crippen LogP contribution is -2.45. The maximum Gasteiger partial charge on any atom is 0.324 e. The lowest BCUT2D eigenvalue weighted by Gasteiger charge is -2.27. The number of nitrogens with one attached hydrogen (secondary N) is 1. The van der Waals surface area contributed by atoms with Gasteiger partial charge in [-0.3, -0.25) is 10.1 Å². The molecule has 0 aromatic heterocycles. The third-order valence-electron chi connectivity index (χ3n) is 3.46. The van der Waals surface area contributed by atoms with E-state index in [0.29, 0.717) is 12.8 Å². The number of para-hydroxylation sites is 1. The first-order valence-corrected chi connectivity index (χ1v) is 7.94. The van der Waals surface area contributed by atoms with Crippen LogP contribution in [-0.4, -0.2) is 30.6 Å². The average Bonchev–Trinajstić information content (AvgIpc) is 2.40. The number of nitro benzene ring substituents is 1. The van der Waals surface area contributed by atoms with E-state index in [9.17, 15) is 28.0 Å². The lowest BCUT2D eigenvalue weighted by molar-refractivity contribution is -0.390.